The van der Waals surface area contributed by atoms with Crippen LogP contribution in [0, 0.1) is 0 Å². The Balaban J connectivity index is 2.13. The summed E-state index contributed by atoms with van der Waals surface area (Å²) in [5.41, 5.74) is 0. The zero-order valence-electron chi connectivity index (χ0n) is 7.92. The fourth-order valence-corrected chi connectivity index (χ4v) is 2.48. The maximum atomic E-state index is 6.53. The summed E-state index contributed by atoms with van der Waals surface area (Å²) < 4.78 is 0. The third kappa shape index (κ3) is 1.84. The third-order valence-electron chi connectivity index (χ3n) is 2.71. The van der Waals surface area contributed by atoms with Crippen LogP contribution in [0.2, 0.25) is 0 Å². The largest absolute Gasteiger partial charge is 0.314 e. The average molecular weight is 233 g/mol. The van der Waals surface area contributed by atoms with E-state index in [0.29, 0.717) is 0 Å². The Kier molecular flexibility index (Phi) is 3.17. The molecule has 2 atom stereocenters. The van der Waals surface area contributed by atoms with E-state index in [0.717, 1.165) is 26.2 Å². The van der Waals surface area contributed by atoms with Gasteiger partial charge in [-0.3, -0.25) is 4.90 Å². The Morgan fingerprint density at radius 3 is 2.64 bits per heavy atom. The van der Waals surface area contributed by atoms with Gasteiger partial charge in [0.05, 0.1) is 5.38 Å². The smallest absolute Gasteiger partial charge is 0.135 e. The summed E-state index contributed by atoms with van der Waals surface area (Å²) in [7, 11) is 0. The molecular formula is C10H14Cl2N2. The van der Waals surface area contributed by atoms with Crippen LogP contribution in [-0.4, -0.2) is 41.5 Å². The molecule has 1 saturated heterocycles. The lowest BCUT2D eigenvalue weighted by Crippen LogP contribution is -2.56. The molecule has 2 nitrogen and oxygen atoms in total. The topological polar surface area (TPSA) is 15.3 Å². The van der Waals surface area contributed by atoms with Crippen LogP contribution in [0.1, 0.15) is 0 Å². The molecule has 1 aliphatic heterocycles. The van der Waals surface area contributed by atoms with Gasteiger partial charge in [0, 0.05) is 26.2 Å². The predicted octanol–water partition coefficient (Wildman–Crippen LogP) is 1.56. The van der Waals surface area contributed by atoms with Crippen molar-refractivity contribution in [3.8, 4) is 0 Å². The lowest BCUT2D eigenvalue weighted by atomic mass is 10.1. The standard InChI is InChI=1S/C10H14Cl2N2/c11-9-3-1-2-4-10(9,12)14-7-5-13-6-8-14/h1-4,9,13H,5-8H2. The molecule has 1 aliphatic carbocycles. The summed E-state index contributed by atoms with van der Waals surface area (Å²) in [6.07, 6.45) is 7.84. The van der Waals surface area contributed by atoms with Crippen LogP contribution in [0.4, 0.5) is 0 Å². The highest BCUT2D eigenvalue weighted by Gasteiger charge is 2.39. The van der Waals surface area contributed by atoms with Crippen molar-refractivity contribution in [2.75, 3.05) is 26.2 Å². The molecule has 0 aromatic heterocycles. The molecule has 14 heavy (non-hydrogen) atoms. The van der Waals surface area contributed by atoms with Crippen LogP contribution in [-0.2, 0) is 0 Å². The van der Waals surface area contributed by atoms with E-state index in [1.165, 1.54) is 0 Å². The molecule has 78 valence electrons. The fourth-order valence-electron chi connectivity index (χ4n) is 1.87. The second kappa shape index (κ2) is 4.23. The molecule has 0 aromatic rings. The number of nitrogens with zero attached hydrogens (tertiary/aromatic N) is 1. The Morgan fingerprint density at radius 1 is 1.29 bits per heavy atom. The van der Waals surface area contributed by atoms with Crippen LogP contribution >= 0.6 is 23.2 Å². The predicted molar refractivity (Wildman–Crippen MR) is 60.9 cm³/mol. The molecule has 1 heterocycles. The van der Waals surface area contributed by atoms with E-state index in [-0.39, 0.29) is 5.38 Å². The van der Waals surface area contributed by atoms with Gasteiger partial charge in [0.15, 0.2) is 0 Å². The second-order valence-electron chi connectivity index (χ2n) is 3.61. The minimum absolute atomic E-state index is 0.146. The van der Waals surface area contributed by atoms with Gasteiger partial charge in [0.2, 0.25) is 0 Å². The molecule has 2 unspecified atom stereocenters. The van der Waals surface area contributed by atoms with Crippen molar-refractivity contribution in [2.24, 2.45) is 0 Å². The normalized spacial score (nSPS) is 38.9. The average Bonchev–Trinajstić information content (AvgIpc) is 2.24. The van der Waals surface area contributed by atoms with Crippen LogP contribution in [0.5, 0.6) is 0 Å². The van der Waals surface area contributed by atoms with Crippen LogP contribution in [0.25, 0.3) is 0 Å². The summed E-state index contributed by atoms with van der Waals surface area (Å²) in [5.74, 6) is 0. The first-order valence-corrected chi connectivity index (χ1v) is 5.70. The second-order valence-corrected chi connectivity index (χ2v) is 4.69. The fraction of sp³-hybridized carbons (Fsp3) is 0.600. The Labute approximate surface area is 94.5 Å². The van der Waals surface area contributed by atoms with Crippen LogP contribution < -0.4 is 5.32 Å². The van der Waals surface area contributed by atoms with Crippen molar-refractivity contribution >= 4 is 23.2 Å². The molecular weight excluding hydrogens is 219 g/mol. The summed E-state index contributed by atoms with van der Waals surface area (Å²) >= 11 is 12.8. The molecule has 2 rings (SSSR count). The number of nitrogens with one attached hydrogen (secondary N) is 1. The monoisotopic (exact) mass is 232 g/mol. The molecule has 0 radical (unpaired) electrons. The van der Waals surface area contributed by atoms with Crippen molar-refractivity contribution in [2.45, 2.75) is 10.4 Å². The van der Waals surface area contributed by atoms with E-state index in [1.807, 2.05) is 24.3 Å². The van der Waals surface area contributed by atoms with E-state index in [1.54, 1.807) is 0 Å². The summed E-state index contributed by atoms with van der Waals surface area (Å²) in [4.78, 5) is 1.70. The van der Waals surface area contributed by atoms with Gasteiger partial charge < -0.3 is 5.32 Å². The van der Waals surface area contributed by atoms with E-state index in [9.17, 15) is 0 Å². The first-order valence-electron chi connectivity index (χ1n) is 4.88. The number of halogens is 2. The van der Waals surface area contributed by atoms with Gasteiger partial charge >= 0.3 is 0 Å². The van der Waals surface area contributed by atoms with Crippen molar-refractivity contribution in [1.29, 1.82) is 0 Å². The molecule has 0 aromatic carbocycles. The minimum atomic E-state index is -0.529. The van der Waals surface area contributed by atoms with Gasteiger partial charge in [-0.15, -0.1) is 11.6 Å². The van der Waals surface area contributed by atoms with Crippen molar-refractivity contribution in [1.82, 2.24) is 10.2 Å². The highest BCUT2D eigenvalue weighted by molar-refractivity contribution is 6.34. The van der Waals surface area contributed by atoms with Gasteiger partial charge in [-0.05, 0) is 6.08 Å². The number of alkyl halides is 2. The van der Waals surface area contributed by atoms with Gasteiger partial charge in [-0.25, -0.2) is 0 Å². The molecule has 0 spiro atoms. The summed E-state index contributed by atoms with van der Waals surface area (Å²) in [5, 5.41) is 3.15. The van der Waals surface area contributed by atoms with Crippen molar-refractivity contribution in [3.63, 3.8) is 0 Å². The molecule has 0 bridgehead atoms. The van der Waals surface area contributed by atoms with E-state index in [4.69, 9.17) is 23.2 Å². The van der Waals surface area contributed by atoms with Crippen LogP contribution in [0.3, 0.4) is 0 Å². The number of allylic oxidation sites excluding steroid dienone is 2. The van der Waals surface area contributed by atoms with Gasteiger partial charge in [0.1, 0.15) is 5.00 Å². The third-order valence-corrected chi connectivity index (χ3v) is 3.90. The first-order chi connectivity index (χ1) is 6.73. The maximum absolute atomic E-state index is 6.53. The van der Waals surface area contributed by atoms with Crippen molar-refractivity contribution < 1.29 is 0 Å². The Morgan fingerprint density at radius 2 is 2.00 bits per heavy atom. The number of hydrogen-bond donors (Lipinski definition) is 1. The molecule has 2 aliphatic rings. The Bertz CT molecular complexity index is 259. The van der Waals surface area contributed by atoms with E-state index >= 15 is 0 Å². The number of hydrogen-bond acceptors (Lipinski definition) is 2. The van der Waals surface area contributed by atoms with Gasteiger partial charge in [0.25, 0.3) is 0 Å². The molecule has 0 saturated carbocycles. The van der Waals surface area contributed by atoms with E-state index in [2.05, 4.69) is 10.2 Å². The first kappa shape index (κ1) is 10.5. The summed E-state index contributed by atoms with van der Waals surface area (Å²) in [6.45, 7) is 3.86. The molecule has 1 fully saturated rings. The zero-order chi connectivity index (χ0) is 10.0. The number of rotatable bonds is 1. The van der Waals surface area contributed by atoms with Gasteiger partial charge in [-0.1, -0.05) is 29.8 Å². The zero-order valence-corrected chi connectivity index (χ0v) is 9.43. The Hall–Kier alpha value is -0.0200. The lowest BCUT2D eigenvalue weighted by Gasteiger charge is -2.42. The van der Waals surface area contributed by atoms with Crippen molar-refractivity contribution in [3.05, 3.63) is 24.3 Å². The lowest BCUT2D eigenvalue weighted by molar-refractivity contribution is 0.176. The quantitative estimate of drug-likeness (QED) is 0.546. The van der Waals surface area contributed by atoms with Gasteiger partial charge in [-0.2, -0.15) is 0 Å². The highest BCUT2D eigenvalue weighted by atomic mass is 35.5. The minimum Gasteiger partial charge on any atom is -0.314 e. The van der Waals surface area contributed by atoms with Crippen LogP contribution in [0.15, 0.2) is 24.3 Å². The molecule has 0 amide bonds. The number of piperazine rings is 1. The SMILES string of the molecule is ClC1C=CC=CC1(Cl)N1CCNCC1. The maximum Gasteiger partial charge on any atom is 0.135 e. The summed E-state index contributed by atoms with van der Waals surface area (Å²) in [6, 6.07) is 0. The van der Waals surface area contributed by atoms with E-state index < -0.39 is 5.00 Å². The highest BCUT2D eigenvalue weighted by Crippen LogP contribution is 2.33. The molecule has 4 heteroatoms. The molecule has 1 N–H and O–H groups in total.